The number of phenolic OH excluding ortho intramolecular Hbond substituents is 1. The largest absolute Gasteiger partial charge is 0.508 e. The second kappa shape index (κ2) is 9.56. The molecule has 2 bridgehead atoms. The minimum Gasteiger partial charge on any atom is -0.508 e. The van der Waals surface area contributed by atoms with Gasteiger partial charge in [0, 0.05) is 36.6 Å². The van der Waals surface area contributed by atoms with E-state index in [0.29, 0.717) is 37.1 Å². The van der Waals surface area contributed by atoms with Gasteiger partial charge in [-0.1, -0.05) is 6.07 Å². The molecule has 42 heavy (non-hydrogen) atoms. The van der Waals surface area contributed by atoms with Crippen LogP contribution < -0.4 is 20.5 Å². The fourth-order valence-corrected chi connectivity index (χ4v) is 7.36. The van der Waals surface area contributed by atoms with Crippen LogP contribution >= 0.6 is 0 Å². The average Bonchev–Trinajstić information content (AvgIpc) is 3.69. The fraction of sp³-hybridized carbons (Fsp3) is 0.467. The highest BCUT2D eigenvalue weighted by Gasteiger charge is 2.45. The summed E-state index contributed by atoms with van der Waals surface area (Å²) in [5, 5.41) is 18.6. The first-order valence-corrected chi connectivity index (χ1v) is 14.5. The van der Waals surface area contributed by atoms with E-state index in [1.807, 2.05) is 4.90 Å². The lowest BCUT2D eigenvalue weighted by atomic mass is 9.95. The molecule has 2 aromatic carbocycles. The van der Waals surface area contributed by atoms with Gasteiger partial charge >= 0.3 is 6.01 Å². The van der Waals surface area contributed by atoms with Crippen molar-refractivity contribution in [2.24, 2.45) is 0 Å². The maximum atomic E-state index is 15.1. The highest BCUT2D eigenvalue weighted by atomic mass is 19.2. The second-order valence-electron chi connectivity index (χ2n) is 11.9. The molecule has 0 unspecified atom stereocenters. The molecule has 12 heteroatoms. The summed E-state index contributed by atoms with van der Waals surface area (Å²) in [6, 6.07) is 4.88. The van der Waals surface area contributed by atoms with Crippen molar-refractivity contribution in [3.63, 3.8) is 0 Å². The van der Waals surface area contributed by atoms with Crippen LogP contribution in [0.3, 0.4) is 0 Å². The van der Waals surface area contributed by atoms with E-state index in [1.54, 1.807) is 0 Å². The van der Waals surface area contributed by atoms with Crippen LogP contribution in [-0.4, -0.2) is 80.1 Å². The summed E-state index contributed by atoms with van der Waals surface area (Å²) in [6.45, 7) is 0.694. The molecule has 8 rings (SSSR count). The number of piperazine rings is 1. The SMILES string of the molecule is [2H]C([2H])(Oc1nc(N2C[C@H]3CC[C@@H](C2)N3)c2cnn(-c3cc(O)cc4ccc(F)c(F)c34)c(=O)c2n1)C12CCCN1CCC2. The summed E-state index contributed by atoms with van der Waals surface area (Å²) < 4.78 is 54.5. The van der Waals surface area contributed by atoms with Crippen molar-refractivity contribution in [1.82, 2.24) is 30.0 Å². The number of halogens is 2. The molecule has 0 spiro atoms. The molecule has 0 amide bonds. The average molecular weight is 578 g/mol. The van der Waals surface area contributed by atoms with Crippen LogP contribution in [-0.2, 0) is 0 Å². The van der Waals surface area contributed by atoms with Gasteiger partial charge in [-0.2, -0.15) is 19.7 Å². The highest BCUT2D eigenvalue weighted by molar-refractivity contribution is 5.93. The number of fused-ring (bicyclic) bond motifs is 5. The number of benzene rings is 2. The van der Waals surface area contributed by atoms with E-state index in [1.165, 1.54) is 18.3 Å². The molecule has 218 valence electrons. The molecule has 4 aromatic rings. The first-order chi connectivity index (χ1) is 21.1. The zero-order chi connectivity index (χ0) is 30.4. The van der Waals surface area contributed by atoms with Crippen molar-refractivity contribution >= 4 is 27.5 Å². The molecule has 4 saturated heterocycles. The number of hydrogen-bond donors (Lipinski definition) is 2. The third-order valence-electron chi connectivity index (χ3n) is 9.29. The van der Waals surface area contributed by atoms with Crippen LogP contribution in [0.25, 0.3) is 27.4 Å². The topological polar surface area (TPSA) is 109 Å². The van der Waals surface area contributed by atoms with E-state index in [2.05, 4.69) is 20.3 Å². The first kappa shape index (κ1) is 23.6. The highest BCUT2D eigenvalue weighted by Crippen LogP contribution is 2.39. The Bertz CT molecular complexity index is 1870. The number of hydrogen-bond acceptors (Lipinski definition) is 9. The van der Waals surface area contributed by atoms with Gasteiger partial charge < -0.3 is 20.1 Å². The number of nitrogens with one attached hydrogen (secondary N) is 1. The van der Waals surface area contributed by atoms with Crippen LogP contribution in [0.5, 0.6) is 11.8 Å². The molecule has 4 aliphatic rings. The zero-order valence-corrected chi connectivity index (χ0v) is 22.8. The van der Waals surface area contributed by atoms with Gasteiger partial charge in [0.05, 0.1) is 25.6 Å². The second-order valence-corrected chi connectivity index (χ2v) is 11.9. The Balaban J connectivity index is 1.31. The van der Waals surface area contributed by atoms with Crippen LogP contribution in [0.4, 0.5) is 14.6 Å². The summed E-state index contributed by atoms with van der Waals surface area (Å²) in [5.41, 5.74) is -1.84. The van der Waals surface area contributed by atoms with Crippen LogP contribution in [0.15, 0.2) is 35.3 Å². The van der Waals surface area contributed by atoms with Gasteiger partial charge in [0.15, 0.2) is 11.6 Å². The Kier molecular flexibility index (Phi) is 5.38. The van der Waals surface area contributed by atoms with E-state index in [9.17, 15) is 14.3 Å². The third-order valence-corrected chi connectivity index (χ3v) is 9.29. The standard InChI is InChI=1S/C30H31F2N7O3/c31-22-6-3-17-11-20(40)12-23(24(17)25(22)32)39-28(41)26-21(13-33-39)27(37-14-18-4-5-19(15-37)34-18)36-29(35-26)42-16-30-7-1-9-38(30)10-2-8-30/h3,6,11-13,18-19,34,40H,1-2,4-5,7-10,14-16H2/t18-,19+/i16D2. The Hall–Kier alpha value is -3.90. The number of phenols is 1. The Morgan fingerprint density at radius 2 is 1.88 bits per heavy atom. The molecule has 4 fully saturated rings. The lowest BCUT2D eigenvalue weighted by Crippen LogP contribution is -2.51. The van der Waals surface area contributed by atoms with Crippen molar-refractivity contribution in [2.45, 2.75) is 56.1 Å². The Labute approximate surface area is 242 Å². The number of ether oxygens (including phenoxy) is 1. The van der Waals surface area contributed by atoms with Crippen LogP contribution in [0.1, 0.15) is 41.3 Å². The minimum atomic E-state index is -2.14. The molecule has 0 saturated carbocycles. The lowest BCUT2D eigenvalue weighted by molar-refractivity contribution is 0.108. The lowest BCUT2D eigenvalue weighted by Gasteiger charge is -2.34. The number of nitrogens with zero attached hydrogens (tertiary/aromatic N) is 6. The monoisotopic (exact) mass is 577 g/mol. The zero-order valence-electron chi connectivity index (χ0n) is 24.8. The third kappa shape index (κ3) is 4.03. The van der Waals surface area contributed by atoms with Gasteiger partial charge in [0.2, 0.25) is 0 Å². The summed E-state index contributed by atoms with van der Waals surface area (Å²) in [7, 11) is 0. The van der Waals surface area contributed by atoms with Crippen molar-refractivity contribution < 1.29 is 21.4 Å². The molecular weight excluding hydrogens is 544 g/mol. The van der Waals surface area contributed by atoms with E-state index < -0.39 is 29.3 Å². The summed E-state index contributed by atoms with van der Waals surface area (Å²) in [4.78, 5) is 27.5. The van der Waals surface area contributed by atoms with Crippen molar-refractivity contribution in [1.29, 1.82) is 0 Å². The van der Waals surface area contributed by atoms with Gasteiger partial charge in [-0.05, 0) is 69.1 Å². The first-order valence-electron chi connectivity index (χ1n) is 15.5. The molecule has 2 atom stereocenters. The molecule has 4 aliphatic heterocycles. The van der Waals surface area contributed by atoms with Gasteiger partial charge in [0.25, 0.3) is 5.56 Å². The number of rotatable bonds is 5. The minimum absolute atomic E-state index is 0.109. The normalized spacial score (nSPS) is 24.3. The van der Waals surface area contributed by atoms with E-state index in [0.717, 1.165) is 55.6 Å². The molecule has 6 heterocycles. The molecular formula is C30H31F2N7O3. The molecule has 0 radical (unpaired) electrons. The molecule has 2 N–H and O–H groups in total. The fourth-order valence-electron chi connectivity index (χ4n) is 7.36. The predicted octanol–water partition coefficient (Wildman–Crippen LogP) is 3.26. The number of aromatic nitrogens is 4. The van der Waals surface area contributed by atoms with Gasteiger partial charge in [0.1, 0.15) is 23.6 Å². The Morgan fingerprint density at radius 1 is 1.12 bits per heavy atom. The van der Waals surface area contributed by atoms with Crippen LogP contribution in [0.2, 0.25) is 0 Å². The molecule has 10 nitrogen and oxygen atoms in total. The molecule has 0 aliphatic carbocycles. The van der Waals surface area contributed by atoms with Crippen molar-refractivity contribution in [2.75, 3.05) is 37.6 Å². The number of aromatic hydroxyl groups is 1. The van der Waals surface area contributed by atoms with Gasteiger partial charge in [-0.3, -0.25) is 9.69 Å². The van der Waals surface area contributed by atoms with E-state index >= 15 is 4.39 Å². The Morgan fingerprint density at radius 3 is 2.64 bits per heavy atom. The smallest absolute Gasteiger partial charge is 0.319 e. The van der Waals surface area contributed by atoms with Crippen molar-refractivity contribution in [3.8, 4) is 17.4 Å². The quantitative estimate of drug-likeness (QED) is 0.370. The number of anilines is 1. The summed E-state index contributed by atoms with van der Waals surface area (Å²) in [5.74, 6) is -2.15. The maximum Gasteiger partial charge on any atom is 0.319 e. The predicted molar refractivity (Wildman–Crippen MR) is 152 cm³/mol. The van der Waals surface area contributed by atoms with E-state index in [-0.39, 0.29) is 45.8 Å². The van der Waals surface area contributed by atoms with Crippen LogP contribution in [0, 0.1) is 11.6 Å². The van der Waals surface area contributed by atoms with Gasteiger partial charge in [-0.25, -0.2) is 8.78 Å². The summed E-state index contributed by atoms with van der Waals surface area (Å²) >= 11 is 0. The van der Waals surface area contributed by atoms with Gasteiger partial charge in [-0.15, -0.1) is 0 Å². The molecule has 2 aromatic heterocycles. The summed E-state index contributed by atoms with van der Waals surface area (Å²) in [6.07, 6.45) is 6.42. The maximum absolute atomic E-state index is 15.1. The van der Waals surface area contributed by atoms with Crippen molar-refractivity contribution in [3.05, 3.63) is 52.5 Å². The van der Waals surface area contributed by atoms with E-state index in [4.69, 9.17) is 12.5 Å².